The summed E-state index contributed by atoms with van der Waals surface area (Å²) >= 11 is 1.54. The maximum atomic E-state index is 13.3. The second-order valence-electron chi connectivity index (χ2n) is 10.1. The van der Waals surface area contributed by atoms with Crippen LogP contribution >= 0.6 is 11.8 Å². The molecule has 37 heavy (non-hydrogen) atoms. The Kier molecular flexibility index (Phi) is 13.9. The molecule has 4 amide bonds. The van der Waals surface area contributed by atoms with E-state index >= 15 is 0 Å². The largest absolute Gasteiger partial charge is 0.453 e. The highest BCUT2D eigenvalue weighted by molar-refractivity contribution is 7.98. The number of hydrogen-bond donors (Lipinski definition) is 4. The summed E-state index contributed by atoms with van der Waals surface area (Å²) in [5.41, 5.74) is 0.179. The molecule has 208 valence electrons. The number of benzene rings is 1. The molecule has 0 radical (unpaired) electrons. The van der Waals surface area contributed by atoms with Gasteiger partial charge in [-0.1, -0.05) is 44.2 Å². The predicted octanol–water partition coefficient (Wildman–Crippen LogP) is 3.20. The smallest absolute Gasteiger partial charge is 0.408 e. The van der Waals surface area contributed by atoms with Crippen LogP contribution in [0.3, 0.4) is 0 Å². The van der Waals surface area contributed by atoms with Crippen molar-refractivity contribution in [3.05, 3.63) is 35.9 Å². The Labute approximate surface area is 224 Å². The Bertz CT molecular complexity index is 876. The van der Waals surface area contributed by atoms with E-state index in [1.807, 2.05) is 50.4 Å². The van der Waals surface area contributed by atoms with E-state index in [9.17, 15) is 19.2 Å². The van der Waals surface area contributed by atoms with E-state index in [0.29, 0.717) is 25.0 Å². The van der Waals surface area contributed by atoms with Gasteiger partial charge in [-0.25, -0.2) is 9.59 Å². The zero-order chi connectivity index (χ0) is 28.0. The second-order valence-corrected chi connectivity index (χ2v) is 11.0. The highest BCUT2D eigenvalue weighted by Gasteiger charge is 2.30. The topological polar surface area (TPSA) is 135 Å². The van der Waals surface area contributed by atoms with Gasteiger partial charge < -0.3 is 30.7 Å². The van der Waals surface area contributed by atoms with Gasteiger partial charge in [-0.2, -0.15) is 11.8 Å². The van der Waals surface area contributed by atoms with Gasteiger partial charge in [0.05, 0.1) is 7.11 Å². The Morgan fingerprint density at radius 2 is 1.51 bits per heavy atom. The van der Waals surface area contributed by atoms with E-state index in [4.69, 9.17) is 9.47 Å². The van der Waals surface area contributed by atoms with E-state index in [1.54, 1.807) is 20.8 Å². The molecule has 0 unspecified atom stereocenters. The van der Waals surface area contributed by atoms with E-state index < -0.39 is 47.9 Å². The quantitative estimate of drug-likeness (QED) is 0.283. The number of amides is 4. The normalized spacial score (nSPS) is 13.6. The van der Waals surface area contributed by atoms with Crippen LogP contribution in [0, 0.1) is 5.92 Å². The highest BCUT2D eigenvalue weighted by atomic mass is 32.2. The Morgan fingerprint density at radius 3 is 2.05 bits per heavy atom. The fourth-order valence-corrected chi connectivity index (χ4v) is 3.86. The van der Waals surface area contributed by atoms with Crippen LogP contribution in [-0.2, 0) is 25.5 Å². The molecule has 0 bridgehead atoms. The molecule has 0 aliphatic rings. The molecule has 0 heterocycles. The molecule has 0 saturated heterocycles. The molecule has 1 rings (SSSR count). The molecule has 0 aromatic heterocycles. The molecular weight excluding hydrogens is 496 g/mol. The van der Waals surface area contributed by atoms with E-state index in [-0.39, 0.29) is 5.92 Å². The SMILES string of the molecule is COC(=O)N[C@H](Cc1ccccc1)NC(=O)[C@H](CC(C)C)NC(=O)[C@H](CCSC)NC(=O)OC(C)(C)C. The van der Waals surface area contributed by atoms with Crippen molar-refractivity contribution < 1.29 is 28.7 Å². The lowest BCUT2D eigenvalue weighted by Crippen LogP contribution is -2.58. The summed E-state index contributed by atoms with van der Waals surface area (Å²) in [6, 6.07) is 7.59. The first-order chi connectivity index (χ1) is 17.3. The highest BCUT2D eigenvalue weighted by Crippen LogP contribution is 2.11. The molecule has 0 aliphatic carbocycles. The Balaban J connectivity index is 3.02. The minimum Gasteiger partial charge on any atom is -0.453 e. The van der Waals surface area contributed by atoms with Crippen molar-refractivity contribution in [2.75, 3.05) is 19.1 Å². The summed E-state index contributed by atoms with van der Waals surface area (Å²) < 4.78 is 10.0. The maximum absolute atomic E-state index is 13.3. The Morgan fingerprint density at radius 1 is 0.892 bits per heavy atom. The number of ether oxygens (including phenoxy) is 2. The van der Waals surface area contributed by atoms with Gasteiger partial charge in [0.2, 0.25) is 11.8 Å². The molecule has 0 aliphatic heterocycles. The fourth-order valence-electron chi connectivity index (χ4n) is 3.39. The number of nitrogens with one attached hydrogen (secondary N) is 4. The third kappa shape index (κ3) is 13.8. The molecular formula is C26H42N4O6S. The first-order valence-electron chi connectivity index (χ1n) is 12.3. The third-order valence-electron chi connectivity index (χ3n) is 5.03. The standard InChI is InChI=1S/C26H42N4O6S/c1-17(2)15-20(27-22(31)19(13-14-37-7)28-25(34)36-26(3,4)5)23(32)29-21(30-24(33)35-6)16-18-11-9-8-10-12-18/h8-12,17,19-21H,13-16H2,1-7H3,(H,27,31)(H,28,34)(H,29,32)(H,30,33)/t19-,20-,21+/m0/s1. The molecule has 0 fully saturated rings. The van der Waals surface area contributed by atoms with Crippen molar-refractivity contribution in [2.45, 2.75) is 77.7 Å². The van der Waals surface area contributed by atoms with Crippen molar-refractivity contribution in [3.8, 4) is 0 Å². The van der Waals surface area contributed by atoms with Gasteiger partial charge in [0, 0.05) is 6.42 Å². The van der Waals surface area contributed by atoms with Gasteiger partial charge in [0.15, 0.2) is 0 Å². The van der Waals surface area contributed by atoms with E-state index in [1.165, 1.54) is 18.9 Å². The van der Waals surface area contributed by atoms with E-state index in [0.717, 1.165) is 5.56 Å². The van der Waals surface area contributed by atoms with E-state index in [2.05, 4.69) is 21.3 Å². The van der Waals surface area contributed by atoms with Gasteiger partial charge in [-0.05, 0) is 57.1 Å². The van der Waals surface area contributed by atoms with Crippen LogP contribution in [0.1, 0.15) is 53.0 Å². The molecule has 4 N–H and O–H groups in total. The zero-order valence-corrected chi connectivity index (χ0v) is 23.7. The lowest BCUT2D eigenvalue weighted by molar-refractivity contribution is -0.130. The average Bonchev–Trinajstić information content (AvgIpc) is 2.80. The summed E-state index contributed by atoms with van der Waals surface area (Å²) in [4.78, 5) is 50.7. The number of thioether (sulfide) groups is 1. The summed E-state index contributed by atoms with van der Waals surface area (Å²) in [7, 11) is 1.24. The number of carbonyl (C=O) groups is 4. The number of carbonyl (C=O) groups excluding carboxylic acids is 4. The van der Waals surface area contributed by atoms with Crippen molar-refractivity contribution in [2.24, 2.45) is 5.92 Å². The summed E-state index contributed by atoms with van der Waals surface area (Å²) in [6.07, 6.45) is 0.784. The number of hydrogen-bond acceptors (Lipinski definition) is 7. The first-order valence-corrected chi connectivity index (χ1v) is 13.7. The van der Waals surface area contributed by atoms with Crippen molar-refractivity contribution in [1.29, 1.82) is 0 Å². The molecule has 0 saturated carbocycles. The maximum Gasteiger partial charge on any atom is 0.408 e. The van der Waals surface area contributed by atoms with Crippen LogP contribution in [0.25, 0.3) is 0 Å². The summed E-state index contributed by atoms with van der Waals surface area (Å²) in [5.74, 6) is -0.237. The molecule has 0 spiro atoms. The first kappa shape index (κ1) is 32.1. The van der Waals surface area contributed by atoms with Crippen LogP contribution in [0.2, 0.25) is 0 Å². The average molecular weight is 539 g/mol. The van der Waals surface area contributed by atoms with Gasteiger partial charge >= 0.3 is 12.2 Å². The van der Waals surface area contributed by atoms with Crippen molar-refractivity contribution >= 4 is 35.8 Å². The Hall–Kier alpha value is -2.95. The minimum atomic E-state index is -0.887. The number of methoxy groups -OCH3 is 1. The summed E-state index contributed by atoms with van der Waals surface area (Å²) in [6.45, 7) is 9.08. The van der Waals surface area contributed by atoms with Crippen molar-refractivity contribution in [1.82, 2.24) is 21.3 Å². The van der Waals surface area contributed by atoms with Crippen molar-refractivity contribution in [3.63, 3.8) is 0 Å². The molecule has 3 atom stereocenters. The van der Waals surface area contributed by atoms with Crippen LogP contribution in [0.5, 0.6) is 0 Å². The molecule has 10 nitrogen and oxygen atoms in total. The third-order valence-corrected chi connectivity index (χ3v) is 5.68. The molecule has 11 heteroatoms. The predicted molar refractivity (Wildman–Crippen MR) is 145 cm³/mol. The van der Waals surface area contributed by atoms with Crippen LogP contribution in [0.4, 0.5) is 9.59 Å². The van der Waals surface area contributed by atoms with Gasteiger partial charge in [0.1, 0.15) is 23.9 Å². The van der Waals surface area contributed by atoms with Crippen LogP contribution in [-0.4, -0.2) is 67.0 Å². The minimum absolute atomic E-state index is 0.0839. The second kappa shape index (κ2) is 16.0. The van der Waals surface area contributed by atoms with Gasteiger partial charge in [0.25, 0.3) is 0 Å². The summed E-state index contributed by atoms with van der Waals surface area (Å²) in [5, 5.41) is 10.8. The lowest BCUT2D eigenvalue weighted by atomic mass is 10.0. The molecule has 1 aromatic rings. The zero-order valence-electron chi connectivity index (χ0n) is 22.9. The van der Waals surface area contributed by atoms with Gasteiger partial charge in [-0.15, -0.1) is 0 Å². The number of rotatable bonds is 13. The van der Waals surface area contributed by atoms with Gasteiger partial charge in [-0.3, -0.25) is 9.59 Å². The molecule has 1 aromatic carbocycles. The van der Waals surface area contributed by atoms with Crippen LogP contribution < -0.4 is 21.3 Å². The lowest BCUT2D eigenvalue weighted by Gasteiger charge is -2.27. The monoisotopic (exact) mass is 538 g/mol. The van der Waals surface area contributed by atoms with Crippen LogP contribution in [0.15, 0.2) is 30.3 Å². The number of alkyl carbamates (subject to hydrolysis) is 2. The fraction of sp³-hybridized carbons (Fsp3) is 0.615.